The fourth-order valence-electron chi connectivity index (χ4n) is 3.29. The summed E-state index contributed by atoms with van der Waals surface area (Å²) >= 11 is 7.62. The Morgan fingerprint density at radius 3 is 2.54 bits per heavy atom. The van der Waals surface area contributed by atoms with E-state index in [1.807, 2.05) is 41.3 Å². The predicted octanol–water partition coefficient (Wildman–Crippen LogP) is 4.90. The Labute approximate surface area is 162 Å². The third-order valence-electron chi connectivity index (χ3n) is 4.70. The Balaban J connectivity index is 1.36. The Bertz CT molecular complexity index is 913. The van der Waals surface area contributed by atoms with E-state index in [2.05, 4.69) is 28.4 Å². The van der Waals surface area contributed by atoms with Crippen molar-refractivity contribution in [2.75, 3.05) is 31.5 Å². The summed E-state index contributed by atoms with van der Waals surface area (Å²) in [5.74, 6) is 0. The van der Waals surface area contributed by atoms with Gasteiger partial charge in [-0.25, -0.2) is 4.79 Å². The molecule has 2 amide bonds. The maximum atomic E-state index is 12.7. The van der Waals surface area contributed by atoms with Crippen molar-refractivity contribution in [1.29, 1.82) is 0 Å². The molecule has 1 N–H and O–H groups in total. The third kappa shape index (κ3) is 3.85. The SMILES string of the molecule is O=C(Nc1cccc2ccccc12)N1CCN(Cc2ccc(Cl)s2)CC1. The number of nitrogens with one attached hydrogen (secondary N) is 1. The van der Waals surface area contributed by atoms with Gasteiger partial charge in [-0.2, -0.15) is 0 Å². The van der Waals surface area contributed by atoms with Crippen LogP contribution in [0.2, 0.25) is 4.34 Å². The third-order valence-corrected chi connectivity index (χ3v) is 5.91. The normalized spacial score (nSPS) is 15.3. The lowest BCUT2D eigenvalue weighted by molar-refractivity contribution is 0.143. The molecule has 1 saturated heterocycles. The van der Waals surface area contributed by atoms with Gasteiger partial charge in [0.15, 0.2) is 0 Å². The summed E-state index contributed by atoms with van der Waals surface area (Å²) in [6.45, 7) is 4.11. The second kappa shape index (κ2) is 7.66. The number of benzene rings is 2. The zero-order chi connectivity index (χ0) is 17.9. The molecule has 4 rings (SSSR count). The fourth-order valence-corrected chi connectivity index (χ4v) is 4.42. The Hall–Kier alpha value is -2.08. The molecule has 0 bridgehead atoms. The van der Waals surface area contributed by atoms with Crippen molar-refractivity contribution < 1.29 is 4.79 Å². The molecule has 0 aliphatic carbocycles. The average Bonchev–Trinajstić information content (AvgIpc) is 3.07. The molecule has 134 valence electrons. The highest BCUT2D eigenvalue weighted by Crippen LogP contribution is 2.24. The van der Waals surface area contributed by atoms with Crippen molar-refractivity contribution in [3.05, 3.63) is 63.8 Å². The van der Waals surface area contributed by atoms with Crippen LogP contribution in [-0.4, -0.2) is 42.0 Å². The number of urea groups is 1. The average molecular weight is 386 g/mol. The number of carbonyl (C=O) groups excluding carboxylic acids is 1. The van der Waals surface area contributed by atoms with Gasteiger partial charge in [-0.1, -0.05) is 48.0 Å². The monoisotopic (exact) mass is 385 g/mol. The standard InChI is InChI=1S/C20H20ClN3OS/c21-19-9-8-16(26-19)14-23-10-12-24(13-11-23)20(25)22-18-7-3-5-15-4-1-2-6-17(15)18/h1-9H,10-14H2,(H,22,25). The first kappa shape index (κ1) is 17.3. The molecule has 0 radical (unpaired) electrons. The second-order valence-corrected chi connectivity index (χ2v) is 8.23. The lowest BCUT2D eigenvalue weighted by Crippen LogP contribution is -2.49. The number of rotatable bonds is 3. The molecule has 1 aliphatic rings. The van der Waals surface area contributed by atoms with E-state index in [4.69, 9.17) is 11.6 Å². The van der Waals surface area contributed by atoms with E-state index in [1.165, 1.54) is 4.88 Å². The number of amides is 2. The van der Waals surface area contributed by atoms with Crippen molar-refractivity contribution >= 4 is 45.4 Å². The van der Waals surface area contributed by atoms with Crippen LogP contribution in [0.3, 0.4) is 0 Å². The molecule has 0 spiro atoms. The Morgan fingerprint density at radius 1 is 1.00 bits per heavy atom. The Morgan fingerprint density at radius 2 is 1.77 bits per heavy atom. The second-order valence-electron chi connectivity index (χ2n) is 6.43. The van der Waals surface area contributed by atoms with Gasteiger partial charge in [-0.05, 0) is 23.6 Å². The molecular formula is C20H20ClN3OS. The molecule has 1 fully saturated rings. The zero-order valence-corrected chi connectivity index (χ0v) is 15.9. The van der Waals surface area contributed by atoms with Crippen LogP contribution in [-0.2, 0) is 6.54 Å². The fraction of sp³-hybridized carbons (Fsp3) is 0.250. The molecule has 3 aromatic rings. The van der Waals surface area contributed by atoms with Crippen LogP contribution in [0, 0.1) is 0 Å². The highest BCUT2D eigenvalue weighted by molar-refractivity contribution is 7.16. The molecule has 6 heteroatoms. The van der Waals surface area contributed by atoms with Gasteiger partial charge in [0.05, 0.1) is 10.0 Å². The van der Waals surface area contributed by atoms with Crippen molar-refractivity contribution in [1.82, 2.24) is 9.80 Å². The van der Waals surface area contributed by atoms with Crippen molar-refractivity contribution in [3.63, 3.8) is 0 Å². The van der Waals surface area contributed by atoms with Gasteiger partial charge >= 0.3 is 6.03 Å². The highest BCUT2D eigenvalue weighted by atomic mass is 35.5. The van der Waals surface area contributed by atoms with Crippen molar-refractivity contribution in [2.45, 2.75) is 6.54 Å². The van der Waals surface area contributed by atoms with Crippen molar-refractivity contribution in [3.8, 4) is 0 Å². The summed E-state index contributed by atoms with van der Waals surface area (Å²) in [5.41, 5.74) is 0.865. The first-order chi connectivity index (χ1) is 12.7. The summed E-state index contributed by atoms with van der Waals surface area (Å²) < 4.78 is 0.827. The zero-order valence-electron chi connectivity index (χ0n) is 14.3. The van der Waals surface area contributed by atoms with E-state index in [-0.39, 0.29) is 6.03 Å². The van der Waals surface area contributed by atoms with E-state index >= 15 is 0 Å². The number of thiophene rings is 1. The molecule has 2 aromatic carbocycles. The largest absolute Gasteiger partial charge is 0.322 e. The molecule has 26 heavy (non-hydrogen) atoms. The van der Waals surface area contributed by atoms with Gasteiger partial charge < -0.3 is 10.2 Å². The minimum Gasteiger partial charge on any atom is -0.322 e. The lowest BCUT2D eigenvalue weighted by Gasteiger charge is -2.34. The maximum absolute atomic E-state index is 12.7. The van der Waals surface area contributed by atoms with Crippen LogP contribution in [0.25, 0.3) is 10.8 Å². The van der Waals surface area contributed by atoms with E-state index < -0.39 is 0 Å². The maximum Gasteiger partial charge on any atom is 0.321 e. The van der Waals surface area contributed by atoms with Gasteiger partial charge in [-0.15, -0.1) is 11.3 Å². The van der Waals surface area contributed by atoms with E-state index in [0.29, 0.717) is 0 Å². The van der Waals surface area contributed by atoms with Gasteiger partial charge in [0.2, 0.25) is 0 Å². The number of piperazine rings is 1. The number of hydrogen-bond donors (Lipinski definition) is 1. The number of anilines is 1. The van der Waals surface area contributed by atoms with Crippen LogP contribution in [0.5, 0.6) is 0 Å². The number of carbonyl (C=O) groups is 1. The van der Waals surface area contributed by atoms with E-state index in [9.17, 15) is 4.79 Å². The van der Waals surface area contributed by atoms with E-state index in [1.54, 1.807) is 11.3 Å². The van der Waals surface area contributed by atoms with Crippen LogP contribution < -0.4 is 5.32 Å². The highest BCUT2D eigenvalue weighted by Gasteiger charge is 2.21. The minimum absolute atomic E-state index is 0.0276. The number of fused-ring (bicyclic) bond motifs is 1. The van der Waals surface area contributed by atoms with Gasteiger partial charge in [0.25, 0.3) is 0 Å². The van der Waals surface area contributed by atoms with Gasteiger partial charge in [0, 0.05) is 43.0 Å². The smallest absolute Gasteiger partial charge is 0.321 e. The number of nitrogens with zero attached hydrogens (tertiary/aromatic N) is 2. The molecule has 0 saturated carbocycles. The first-order valence-electron chi connectivity index (χ1n) is 8.69. The van der Waals surface area contributed by atoms with E-state index in [0.717, 1.165) is 53.5 Å². The molecule has 4 nitrogen and oxygen atoms in total. The Kier molecular flexibility index (Phi) is 5.11. The lowest BCUT2D eigenvalue weighted by atomic mass is 10.1. The predicted molar refractivity (Wildman–Crippen MR) is 109 cm³/mol. The molecule has 0 atom stereocenters. The molecule has 1 aliphatic heterocycles. The topological polar surface area (TPSA) is 35.6 Å². The van der Waals surface area contributed by atoms with Crippen LogP contribution >= 0.6 is 22.9 Å². The molecule has 1 aromatic heterocycles. The van der Waals surface area contributed by atoms with Gasteiger partial charge in [0.1, 0.15) is 0 Å². The van der Waals surface area contributed by atoms with Crippen LogP contribution in [0.15, 0.2) is 54.6 Å². The minimum atomic E-state index is -0.0276. The quantitative estimate of drug-likeness (QED) is 0.695. The number of hydrogen-bond acceptors (Lipinski definition) is 3. The van der Waals surface area contributed by atoms with Crippen molar-refractivity contribution in [2.24, 2.45) is 0 Å². The summed E-state index contributed by atoms with van der Waals surface area (Å²) in [6.07, 6.45) is 0. The summed E-state index contributed by atoms with van der Waals surface area (Å²) in [7, 11) is 0. The number of halogens is 1. The van der Waals surface area contributed by atoms with Crippen LogP contribution in [0.1, 0.15) is 4.88 Å². The molecular weight excluding hydrogens is 366 g/mol. The van der Waals surface area contributed by atoms with Crippen LogP contribution in [0.4, 0.5) is 10.5 Å². The summed E-state index contributed by atoms with van der Waals surface area (Å²) in [6, 6.07) is 18.1. The van der Waals surface area contributed by atoms with Gasteiger partial charge in [-0.3, -0.25) is 4.90 Å². The summed E-state index contributed by atoms with van der Waals surface area (Å²) in [5, 5.41) is 5.27. The molecule has 2 heterocycles. The molecule has 0 unspecified atom stereocenters. The summed E-state index contributed by atoms with van der Waals surface area (Å²) in [4.78, 5) is 18.2. The first-order valence-corrected chi connectivity index (χ1v) is 9.89.